The van der Waals surface area contributed by atoms with E-state index in [0.29, 0.717) is 12.5 Å². The standard InChI is InChI=1S/C22H26N2OS/c1-14-6-5-7-17-18(14)19-20(26-17)23-13-24(21(19)25)12-15-8-10-16(11-9-15)22(2,3)4/h8-11,13-14H,5-7,12H2,1-4H3. The van der Waals surface area contributed by atoms with Crippen LogP contribution in [0.2, 0.25) is 0 Å². The number of aromatic nitrogens is 2. The van der Waals surface area contributed by atoms with Crippen LogP contribution >= 0.6 is 11.3 Å². The van der Waals surface area contributed by atoms with Gasteiger partial charge in [-0.3, -0.25) is 9.36 Å². The maximum absolute atomic E-state index is 13.2. The second-order valence-electron chi connectivity index (χ2n) is 8.54. The minimum Gasteiger partial charge on any atom is -0.294 e. The molecular formula is C22H26N2OS. The Hall–Kier alpha value is -1.94. The molecule has 0 radical (unpaired) electrons. The first-order valence-corrected chi connectivity index (χ1v) is 10.3. The van der Waals surface area contributed by atoms with Gasteiger partial charge in [-0.1, -0.05) is 52.0 Å². The molecule has 1 aliphatic carbocycles. The lowest BCUT2D eigenvalue weighted by Crippen LogP contribution is -2.22. The summed E-state index contributed by atoms with van der Waals surface area (Å²) in [7, 11) is 0. The number of benzene rings is 1. The van der Waals surface area contributed by atoms with Crippen molar-refractivity contribution >= 4 is 21.6 Å². The fourth-order valence-electron chi connectivity index (χ4n) is 3.93. The fraction of sp³-hybridized carbons (Fsp3) is 0.455. The molecule has 2 heterocycles. The molecule has 0 spiro atoms. The van der Waals surface area contributed by atoms with Crippen LogP contribution < -0.4 is 5.56 Å². The van der Waals surface area contributed by atoms with Gasteiger partial charge in [-0.15, -0.1) is 11.3 Å². The van der Waals surface area contributed by atoms with Gasteiger partial charge in [0.2, 0.25) is 0 Å². The number of hydrogen-bond acceptors (Lipinski definition) is 3. The Morgan fingerprint density at radius 2 is 1.96 bits per heavy atom. The van der Waals surface area contributed by atoms with Crippen molar-refractivity contribution in [2.75, 3.05) is 0 Å². The number of nitrogens with zero attached hydrogens (tertiary/aromatic N) is 2. The van der Waals surface area contributed by atoms with Crippen molar-refractivity contribution < 1.29 is 0 Å². The van der Waals surface area contributed by atoms with Gasteiger partial charge in [0.05, 0.1) is 18.3 Å². The van der Waals surface area contributed by atoms with Crippen molar-refractivity contribution in [1.82, 2.24) is 9.55 Å². The summed E-state index contributed by atoms with van der Waals surface area (Å²) in [4.78, 5) is 20.1. The summed E-state index contributed by atoms with van der Waals surface area (Å²) in [5.41, 5.74) is 3.97. The topological polar surface area (TPSA) is 34.9 Å². The highest BCUT2D eigenvalue weighted by Crippen LogP contribution is 2.39. The lowest BCUT2D eigenvalue weighted by molar-refractivity contribution is 0.589. The quantitative estimate of drug-likeness (QED) is 0.621. The molecule has 1 aromatic carbocycles. The molecule has 0 N–H and O–H groups in total. The first-order valence-electron chi connectivity index (χ1n) is 9.44. The van der Waals surface area contributed by atoms with Gasteiger partial charge in [0, 0.05) is 4.88 Å². The lowest BCUT2D eigenvalue weighted by atomic mass is 9.87. The van der Waals surface area contributed by atoms with Crippen molar-refractivity contribution in [1.29, 1.82) is 0 Å². The summed E-state index contributed by atoms with van der Waals surface area (Å²) < 4.78 is 1.77. The third kappa shape index (κ3) is 3.01. The SMILES string of the molecule is CC1CCCc2sc3ncn(Cc4ccc(C(C)(C)C)cc4)c(=O)c3c21. The van der Waals surface area contributed by atoms with E-state index in [-0.39, 0.29) is 11.0 Å². The molecule has 0 fully saturated rings. The molecule has 1 unspecified atom stereocenters. The average molecular weight is 367 g/mol. The van der Waals surface area contributed by atoms with Crippen molar-refractivity contribution in [3.8, 4) is 0 Å². The van der Waals surface area contributed by atoms with Gasteiger partial charge >= 0.3 is 0 Å². The fourth-order valence-corrected chi connectivity index (χ4v) is 5.22. The molecule has 0 amide bonds. The molecule has 0 saturated carbocycles. The summed E-state index contributed by atoms with van der Waals surface area (Å²) in [6.07, 6.45) is 5.19. The highest BCUT2D eigenvalue weighted by atomic mass is 32.1. The van der Waals surface area contributed by atoms with Crippen LogP contribution in [0.1, 0.15) is 68.0 Å². The van der Waals surface area contributed by atoms with E-state index in [1.54, 1.807) is 22.2 Å². The normalized spacial score (nSPS) is 17.5. The molecule has 136 valence electrons. The maximum atomic E-state index is 13.2. The molecule has 4 heteroatoms. The predicted molar refractivity (Wildman–Crippen MR) is 109 cm³/mol. The molecule has 0 saturated heterocycles. The molecule has 4 rings (SSSR count). The zero-order chi connectivity index (χ0) is 18.5. The van der Waals surface area contributed by atoms with E-state index in [4.69, 9.17) is 0 Å². The van der Waals surface area contributed by atoms with E-state index in [9.17, 15) is 4.79 Å². The van der Waals surface area contributed by atoms with Crippen LogP contribution in [0, 0.1) is 0 Å². The van der Waals surface area contributed by atoms with Crippen LogP contribution in [0.25, 0.3) is 10.2 Å². The van der Waals surface area contributed by atoms with E-state index in [0.717, 1.165) is 22.2 Å². The Bertz CT molecular complexity index is 1010. The summed E-state index contributed by atoms with van der Waals surface area (Å²) in [5, 5.41) is 0.867. The number of hydrogen-bond donors (Lipinski definition) is 0. The van der Waals surface area contributed by atoms with E-state index in [2.05, 4.69) is 56.9 Å². The molecule has 2 aromatic heterocycles. The van der Waals surface area contributed by atoms with Crippen LogP contribution in [0.3, 0.4) is 0 Å². The second-order valence-corrected chi connectivity index (χ2v) is 9.62. The highest BCUT2D eigenvalue weighted by Gasteiger charge is 2.24. The number of rotatable bonds is 2. The van der Waals surface area contributed by atoms with E-state index in [1.165, 1.54) is 28.8 Å². The Labute approximate surface area is 158 Å². The Morgan fingerprint density at radius 3 is 2.65 bits per heavy atom. The molecule has 1 aliphatic rings. The average Bonchev–Trinajstić information content (AvgIpc) is 2.98. The first-order chi connectivity index (χ1) is 12.3. The molecular weight excluding hydrogens is 340 g/mol. The van der Waals surface area contributed by atoms with Gasteiger partial charge in [-0.25, -0.2) is 4.98 Å². The number of thiophene rings is 1. The Kier molecular flexibility index (Phi) is 4.26. The van der Waals surface area contributed by atoms with Gasteiger partial charge in [0.25, 0.3) is 5.56 Å². The van der Waals surface area contributed by atoms with Gasteiger partial charge in [-0.2, -0.15) is 0 Å². The first kappa shape index (κ1) is 17.5. The van der Waals surface area contributed by atoms with Crippen molar-refractivity contribution in [3.05, 3.63) is 62.5 Å². The largest absolute Gasteiger partial charge is 0.294 e. The molecule has 3 aromatic rings. The molecule has 0 bridgehead atoms. The summed E-state index contributed by atoms with van der Waals surface area (Å²) in [6.45, 7) is 9.46. The van der Waals surface area contributed by atoms with Gasteiger partial charge in [0.1, 0.15) is 4.83 Å². The van der Waals surface area contributed by atoms with Crippen molar-refractivity contribution in [2.45, 2.75) is 64.8 Å². The lowest BCUT2D eigenvalue weighted by Gasteiger charge is -2.19. The summed E-state index contributed by atoms with van der Waals surface area (Å²) in [5.74, 6) is 0.462. The Balaban J connectivity index is 1.73. The van der Waals surface area contributed by atoms with Crippen LogP contribution in [0.5, 0.6) is 0 Å². The third-order valence-electron chi connectivity index (χ3n) is 5.50. The van der Waals surface area contributed by atoms with E-state index in [1.807, 2.05) is 0 Å². The van der Waals surface area contributed by atoms with E-state index < -0.39 is 0 Å². The third-order valence-corrected chi connectivity index (χ3v) is 6.67. The smallest absolute Gasteiger partial charge is 0.262 e. The molecule has 0 aliphatic heterocycles. The van der Waals surface area contributed by atoms with Crippen LogP contribution in [0.15, 0.2) is 35.4 Å². The minimum atomic E-state index is 0.112. The van der Waals surface area contributed by atoms with Crippen LogP contribution in [-0.4, -0.2) is 9.55 Å². The van der Waals surface area contributed by atoms with Crippen LogP contribution in [-0.2, 0) is 18.4 Å². The van der Waals surface area contributed by atoms with Crippen molar-refractivity contribution in [3.63, 3.8) is 0 Å². The highest BCUT2D eigenvalue weighted by molar-refractivity contribution is 7.18. The zero-order valence-electron chi connectivity index (χ0n) is 16.0. The molecule has 3 nitrogen and oxygen atoms in total. The van der Waals surface area contributed by atoms with Gasteiger partial charge < -0.3 is 0 Å². The Morgan fingerprint density at radius 1 is 1.23 bits per heavy atom. The second kappa shape index (κ2) is 6.34. The number of fused-ring (bicyclic) bond motifs is 3. The maximum Gasteiger partial charge on any atom is 0.262 e. The molecule has 26 heavy (non-hydrogen) atoms. The zero-order valence-corrected chi connectivity index (χ0v) is 16.8. The van der Waals surface area contributed by atoms with Gasteiger partial charge in [-0.05, 0) is 47.3 Å². The monoisotopic (exact) mass is 366 g/mol. The minimum absolute atomic E-state index is 0.112. The van der Waals surface area contributed by atoms with E-state index >= 15 is 0 Å². The summed E-state index contributed by atoms with van der Waals surface area (Å²) >= 11 is 1.71. The van der Waals surface area contributed by atoms with Crippen molar-refractivity contribution in [2.24, 2.45) is 0 Å². The predicted octanol–water partition coefficient (Wildman–Crippen LogP) is 5.24. The van der Waals surface area contributed by atoms with Gasteiger partial charge in [0.15, 0.2) is 0 Å². The number of aryl methyl sites for hydroxylation is 1. The van der Waals surface area contributed by atoms with Crippen LogP contribution in [0.4, 0.5) is 0 Å². The molecule has 1 atom stereocenters. The summed E-state index contributed by atoms with van der Waals surface area (Å²) in [6, 6.07) is 8.59.